The van der Waals surface area contributed by atoms with Crippen molar-refractivity contribution in [3.63, 3.8) is 0 Å². The number of aromatic nitrogens is 2. The van der Waals surface area contributed by atoms with Crippen molar-refractivity contribution >= 4 is 42.0 Å². The van der Waals surface area contributed by atoms with Crippen molar-refractivity contribution in [2.45, 2.75) is 51.9 Å². The summed E-state index contributed by atoms with van der Waals surface area (Å²) in [6.45, 7) is 10.7. The van der Waals surface area contributed by atoms with Crippen LogP contribution in [0.15, 0.2) is 12.3 Å². The number of rotatable bonds is 7. The highest BCUT2D eigenvalue weighted by molar-refractivity contribution is 6.76. The predicted molar refractivity (Wildman–Crippen MR) is 112 cm³/mol. The Balaban J connectivity index is 1.92. The monoisotopic (exact) mass is 409 g/mol. The van der Waals surface area contributed by atoms with Gasteiger partial charge < -0.3 is 14.7 Å². The third-order valence-electron chi connectivity index (χ3n) is 4.85. The summed E-state index contributed by atoms with van der Waals surface area (Å²) < 4.78 is 7.53. The van der Waals surface area contributed by atoms with Gasteiger partial charge in [0.2, 0.25) is 0 Å². The van der Waals surface area contributed by atoms with Gasteiger partial charge in [-0.25, -0.2) is 4.68 Å². The highest BCUT2D eigenvalue weighted by Gasteiger charge is 2.27. The van der Waals surface area contributed by atoms with Gasteiger partial charge >= 0.3 is 0 Å². The van der Waals surface area contributed by atoms with Crippen molar-refractivity contribution in [3.8, 4) is 0 Å². The van der Waals surface area contributed by atoms with E-state index < -0.39 is 8.07 Å². The van der Waals surface area contributed by atoms with Crippen LogP contribution in [0, 0.1) is 0 Å². The standard InChI is InChI=1S/C19H28ClN3O3Si/c1-13(24)15-9-17(20)16-11-23(12-26-7-8-27(2,3)4)21-18(16)19(15)22-6-5-14(25)10-22/h9,11,14,25H,5-8,10,12H2,1-4H3. The van der Waals surface area contributed by atoms with Gasteiger partial charge in [-0.3, -0.25) is 4.79 Å². The van der Waals surface area contributed by atoms with E-state index in [1.165, 1.54) is 6.92 Å². The first-order chi connectivity index (χ1) is 12.7. The van der Waals surface area contributed by atoms with Gasteiger partial charge in [-0.15, -0.1) is 0 Å². The van der Waals surface area contributed by atoms with Crippen LogP contribution in [0.2, 0.25) is 30.7 Å². The lowest BCUT2D eigenvalue weighted by Crippen LogP contribution is -2.23. The number of anilines is 1. The van der Waals surface area contributed by atoms with E-state index in [4.69, 9.17) is 16.3 Å². The molecule has 2 aromatic rings. The maximum Gasteiger partial charge on any atom is 0.162 e. The minimum atomic E-state index is -1.13. The molecular formula is C19H28ClN3O3Si. The number of halogens is 1. The number of β-amino-alcohol motifs (C(OH)–C–C–N with tert-alkyl or cyclic N) is 1. The number of ketones is 1. The van der Waals surface area contributed by atoms with Crippen LogP contribution in [0.5, 0.6) is 0 Å². The van der Waals surface area contributed by atoms with Crippen molar-refractivity contribution in [1.82, 2.24) is 9.78 Å². The first-order valence-corrected chi connectivity index (χ1v) is 13.5. The zero-order valence-corrected chi connectivity index (χ0v) is 18.2. The SMILES string of the molecule is CC(=O)c1cc(Cl)c2cn(COCC[Si](C)(C)C)nc2c1N1CCC(O)C1. The van der Waals surface area contributed by atoms with Gasteiger partial charge in [-0.2, -0.15) is 5.10 Å². The molecule has 0 radical (unpaired) electrons. The van der Waals surface area contributed by atoms with Gasteiger partial charge in [0.25, 0.3) is 0 Å². The topological polar surface area (TPSA) is 67.6 Å². The number of hydrogen-bond donors (Lipinski definition) is 1. The van der Waals surface area contributed by atoms with Gasteiger partial charge in [-0.1, -0.05) is 31.2 Å². The Bertz CT molecular complexity index is 847. The van der Waals surface area contributed by atoms with Gasteiger partial charge in [0.05, 0.1) is 16.8 Å². The van der Waals surface area contributed by atoms with Gasteiger partial charge in [0.15, 0.2) is 5.78 Å². The Morgan fingerprint density at radius 3 is 2.78 bits per heavy atom. The zero-order valence-electron chi connectivity index (χ0n) is 16.5. The van der Waals surface area contributed by atoms with E-state index in [-0.39, 0.29) is 11.9 Å². The molecule has 0 saturated carbocycles. The van der Waals surface area contributed by atoms with Crippen molar-refractivity contribution < 1.29 is 14.6 Å². The molecule has 3 rings (SSSR count). The lowest BCUT2D eigenvalue weighted by atomic mass is 10.1. The molecule has 1 aliphatic heterocycles. The third kappa shape index (κ3) is 4.71. The molecule has 2 heterocycles. The molecule has 0 spiro atoms. The average molecular weight is 410 g/mol. The lowest BCUT2D eigenvalue weighted by molar-refractivity contribution is 0.0791. The molecule has 1 atom stereocenters. The quantitative estimate of drug-likeness (QED) is 0.428. The minimum Gasteiger partial charge on any atom is -0.391 e. The van der Waals surface area contributed by atoms with E-state index in [9.17, 15) is 9.90 Å². The molecule has 0 bridgehead atoms. The fourth-order valence-electron chi connectivity index (χ4n) is 3.31. The Labute approximate surface area is 166 Å². The summed E-state index contributed by atoms with van der Waals surface area (Å²) in [4.78, 5) is 14.2. The van der Waals surface area contributed by atoms with Crippen LogP contribution in [0.1, 0.15) is 23.7 Å². The molecule has 148 valence electrons. The van der Waals surface area contributed by atoms with Gasteiger partial charge in [0, 0.05) is 44.9 Å². The maximum absolute atomic E-state index is 12.2. The van der Waals surface area contributed by atoms with Crippen LogP contribution in [0.4, 0.5) is 5.69 Å². The summed E-state index contributed by atoms with van der Waals surface area (Å²) in [5, 5.41) is 15.9. The normalized spacial score (nSPS) is 17.9. The van der Waals surface area contributed by atoms with Gasteiger partial charge in [0.1, 0.15) is 12.2 Å². The van der Waals surface area contributed by atoms with E-state index in [1.807, 2.05) is 11.1 Å². The highest BCUT2D eigenvalue weighted by Crippen LogP contribution is 2.37. The molecule has 27 heavy (non-hydrogen) atoms. The van der Waals surface area contributed by atoms with Crippen LogP contribution in [-0.4, -0.2) is 54.5 Å². The van der Waals surface area contributed by atoms with Crippen LogP contribution in [0.25, 0.3) is 10.9 Å². The molecular weight excluding hydrogens is 382 g/mol. The fraction of sp³-hybridized carbons (Fsp3) is 0.579. The number of carbonyl (C=O) groups excluding carboxylic acids is 1. The fourth-order valence-corrected chi connectivity index (χ4v) is 4.31. The molecule has 1 saturated heterocycles. The van der Waals surface area contributed by atoms with Crippen molar-refractivity contribution in [3.05, 3.63) is 22.8 Å². The number of hydrogen-bond acceptors (Lipinski definition) is 5. The third-order valence-corrected chi connectivity index (χ3v) is 6.87. The number of aliphatic hydroxyl groups excluding tert-OH is 1. The number of benzene rings is 1. The highest BCUT2D eigenvalue weighted by atomic mass is 35.5. The number of ether oxygens (including phenoxy) is 1. The van der Waals surface area contributed by atoms with E-state index in [2.05, 4.69) is 24.7 Å². The van der Waals surface area contributed by atoms with E-state index in [0.29, 0.717) is 49.0 Å². The smallest absolute Gasteiger partial charge is 0.162 e. The van der Waals surface area contributed by atoms with Crippen molar-refractivity contribution in [1.29, 1.82) is 0 Å². The lowest BCUT2D eigenvalue weighted by Gasteiger charge is -2.21. The molecule has 0 aliphatic carbocycles. The number of carbonyl (C=O) groups is 1. The summed E-state index contributed by atoms with van der Waals surface area (Å²) in [6, 6.07) is 2.81. The molecule has 1 N–H and O–H groups in total. The van der Waals surface area contributed by atoms with Crippen molar-refractivity contribution in [2.75, 3.05) is 24.6 Å². The molecule has 1 fully saturated rings. The van der Waals surface area contributed by atoms with E-state index in [1.54, 1.807) is 10.7 Å². The summed E-state index contributed by atoms with van der Waals surface area (Å²) in [7, 11) is -1.13. The molecule has 1 unspecified atom stereocenters. The molecule has 1 aliphatic rings. The van der Waals surface area contributed by atoms with Crippen LogP contribution < -0.4 is 4.90 Å². The van der Waals surface area contributed by atoms with E-state index in [0.717, 1.165) is 17.1 Å². The Morgan fingerprint density at radius 1 is 1.44 bits per heavy atom. The van der Waals surface area contributed by atoms with Crippen LogP contribution in [0.3, 0.4) is 0 Å². The minimum absolute atomic E-state index is 0.0591. The predicted octanol–water partition coefficient (Wildman–Crippen LogP) is 3.78. The van der Waals surface area contributed by atoms with E-state index >= 15 is 0 Å². The zero-order chi connectivity index (χ0) is 19.8. The Morgan fingerprint density at radius 2 is 2.19 bits per heavy atom. The first-order valence-electron chi connectivity index (χ1n) is 9.37. The number of Topliss-reactive ketones (excluding diaryl/α,β-unsaturated/α-hetero) is 1. The summed E-state index contributed by atoms with van der Waals surface area (Å²) in [5.74, 6) is -0.0591. The second-order valence-corrected chi connectivity index (χ2v) is 14.5. The first kappa shape index (κ1) is 20.3. The van der Waals surface area contributed by atoms with Crippen LogP contribution >= 0.6 is 11.6 Å². The van der Waals surface area contributed by atoms with Gasteiger partial charge in [-0.05, 0) is 25.5 Å². The summed E-state index contributed by atoms with van der Waals surface area (Å²) >= 11 is 6.44. The second kappa shape index (κ2) is 7.91. The molecule has 0 amide bonds. The molecule has 8 heteroatoms. The Kier molecular flexibility index (Phi) is 5.95. The molecule has 1 aromatic heterocycles. The second-order valence-electron chi connectivity index (χ2n) is 8.48. The number of fused-ring (bicyclic) bond motifs is 1. The van der Waals surface area contributed by atoms with Crippen LogP contribution in [-0.2, 0) is 11.5 Å². The average Bonchev–Trinajstić information content (AvgIpc) is 3.17. The number of nitrogens with zero attached hydrogens (tertiary/aromatic N) is 3. The molecule has 1 aromatic carbocycles. The number of aliphatic hydroxyl groups is 1. The Hall–Kier alpha value is -1.41. The largest absolute Gasteiger partial charge is 0.391 e. The van der Waals surface area contributed by atoms with Crippen molar-refractivity contribution in [2.24, 2.45) is 0 Å². The summed E-state index contributed by atoms with van der Waals surface area (Å²) in [6.07, 6.45) is 2.16. The summed E-state index contributed by atoms with van der Waals surface area (Å²) in [5.41, 5.74) is 2.00. The molecule has 6 nitrogen and oxygen atoms in total. The maximum atomic E-state index is 12.2.